The number of carbonyl (C=O) groups excluding carboxylic acids is 1. The highest BCUT2D eigenvalue weighted by atomic mass is 19.1. The van der Waals surface area contributed by atoms with Gasteiger partial charge >= 0.3 is 5.97 Å². The fraction of sp³-hybridized carbons (Fsp3) is 0.500. The molecule has 1 aromatic carbocycles. The van der Waals surface area contributed by atoms with Crippen molar-refractivity contribution in [3.8, 4) is 0 Å². The van der Waals surface area contributed by atoms with Crippen molar-refractivity contribution in [2.45, 2.75) is 32.7 Å². The first-order chi connectivity index (χ1) is 10.7. The van der Waals surface area contributed by atoms with E-state index in [4.69, 9.17) is 0 Å². The molecular formula is C16H22F2N2O3. The van der Waals surface area contributed by atoms with Crippen LogP contribution >= 0.6 is 0 Å². The minimum Gasteiger partial charge on any atom is -0.480 e. The van der Waals surface area contributed by atoms with Gasteiger partial charge in [0.2, 0.25) is 5.91 Å². The molecule has 0 aliphatic carbocycles. The zero-order valence-electron chi connectivity index (χ0n) is 13.5. The van der Waals surface area contributed by atoms with Crippen LogP contribution in [-0.2, 0) is 9.59 Å². The summed E-state index contributed by atoms with van der Waals surface area (Å²) in [5, 5.41) is 11.8. The summed E-state index contributed by atoms with van der Waals surface area (Å²) in [7, 11) is 0. The van der Waals surface area contributed by atoms with Gasteiger partial charge in [0.15, 0.2) is 0 Å². The Bertz CT molecular complexity index is 546. The molecule has 0 spiro atoms. The number of hydrogen-bond acceptors (Lipinski definition) is 3. The molecule has 0 fully saturated rings. The summed E-state index contributed by atoms with van der Waals surface area (Å²) in [5.41, 5.74) is 0.463. The van der Waals surface area contributed by atoms with Gasteiger partial charge in [-0.2, -0.15) is 0 Å². The second-order valence-electron chi connectivity index (χ2n) is 5.60. The summed E-state index contributed by atoms with van der Waals surface area (Å²) in [4.78, 5) is 23.8. The van der Waals surface area contributed by atoms with Crippen molar-refractivity contribution in [3.05, 3.63) is 35.4 Å². The normalized spacial score (nSPS) is 13.7. The van der Waals surface area contributed by atoms with Gasteiger partial charge in [-0.05, 0) is 30.5 Å². The van der Waals surface area contributed by atoms with Gasteiger partial charge in [0.05, 0.1) is 0 Å². The van der Waals surface area contributed by atoms with Crippen molar-refractivity contribution in [1.29, 1.82) is 0 Å². The highest BCUT2D eigenvalue weighted by Crippen LogP contribution is 2.20. The monoisotopic (exact) mass is 328 g/mol. The van der Waals surface area contributed by atoms with Gasteiger partial charge in [-0.1, -0.05) is 6.92 Å². The van der Waals surface area contributed by atoms with Crippen LogP contribution in [0.25, 0.3) is 0 Å². The van der Waals surface area contributed by atoms with Crippen LogP contribution in [0.3, 0.4) is 0 Å². The summed E-state index contributed by atoms with van der Waals surface area (Å²) in [6.07, 6.45) is 0. The number of aliphatic carboxylic acids is 1. The van der Waals surface area contributed by atoms with Gasteiger partial charge in [0.25, 0.3) is 0 Å². The molecular weight excluding hydrogens is 306 g/mol. The Morgan fingerprint density at radius 3 is 2.26 bits per heavy atom. The average molecular weight is 328 g/mol. The van der Waals surface area contributed by atoms with E-state index in [-0.39, 0.29) is 11.8 Å². The van der Waals surface area contributed by atoms with Gasteiger partial charge in [-0.25, -0.2) is 8.78 Å². The topological polar surface area (TPSA) is 69.6 Å². The number of benzene rings is 1. The zero-order valence-corrected chi connectivity index (χ0v) is 13.5. The van der Waals surface area contributed by atoms with E-state index in [0.717, 1.165) is 6.07 Å². The molecule has 0 aliphatic heterocycles. The number of amides is 1. The van der Waals surface area contributed by atoms with Gasteiger partial charge in [0, 0.05) is 32.6 Å². The maximum atomic E-state index is 13.3. The molecule has 1 amide bonds. The third-order valence-corrected chi connectivity index (χ3v) is 3.64. The summed E-state index contributed by atoms with van der Waals surface area (Å²) in [6.45, 7) is 5.62. The number of carbonyl (C=O) groups is 2. The first-order valence-electron chi connectivity index (χ1n) is 7.38. The summed E-state index contributed by atoms with van der Waals surface area (Å²) >= 11 is 0. The van der Waals surface area contributed by atoms with E-state index < -0.39 is 23.6 Å². The summed E-state index contributed by atoms with van der Waals surface area (Å²) in [5.74, 6) is -2.79. The molecule has 0 aliphatic rings. The quantitative estimate of drug-likeness (QED) is 0.766. The maximum Gasteiger partial charge on any atom is 0.320 e. The molecule has 1 aromatic rings. The lowest BCUT2D eigenvalue weighted by Crippen LogP contribution is -2.44. The van der Waals surface area contributed by atoms with Crippen molar-refractivity contribution in [3.63, 3.8) is 0 Å². The van der Waals surface area contributed by atoms with Gasteiger partial charge in [-0.3, -0.25) is 14.5 Å². The van der Waals surface area contributed by atoms with Crippen LogP contribution < -0.4 is 5.32 Å². The highest BCUT2D eigenvalue weighted by Gasteiger charge is 2.23. The summed E-state index contributed by atoms with van der Waals surface area (Å²) in [6, 6.07) is 2.51. The second-order valence-corrected chi connectivity index (χ2v) is 5.60. The molecule has 2 N–H and O–H groups in total. The molecule has 1 rings (SSSR count). The molecule has 7 heteroatoms. The standard InChI is InChI=1S/C16H22F2N2O3/c1-10(13-6-14(17)8-15(18)7-13)9-20(11(2)16(22)23)5-4-19-12(3)21/h6-8,10-11H,4-5,9H2,1-3H3,(H,19,21)(H,22,23). The molecule has 0 saturated heterocycles. The van der Waals surface area contributed by atoms with E-state index in [1.54, 1.807) is 11.8 Å². The molecule has 0 bridgehead atoms. The van der Waals surface area contributed by atoms with E-state index in [1.165, 1.54) is 26.0 Å². The lowest BCUT2D eigenvalue weighted by Gasteiger charge is -2.29. The predicted molar refractivity (Wildman–Crippen MR) is 82.1 cm³/mol. The van der Waals surface area contributed by atoms with Gasteiger partial charge < -0.3 is 10.4 Å². The number of carboxylic acid groups (broad SMARTS) is 1. The lowest BCUT2D eigenvalue weighted by atomic mass is 9.99. The molecule has 0 radical (unpaired) electrons. The minimum atomic E-state index is -0.995. The Kier molecular flexibility index (Phi) is 7.09. The van der Waals surface area contributed by atoms with Crippen molar-refractivity contribution >= 4 is 11.9 Å². The van der Waals surface area contributed by atoms with E-state index in [2.05, 4.69) is 5.32 Å². The van der Waals surface area contributed by atoms with Crippen LogP contribution in [-0.4, -0.2) is 47.6 Å². The molecule has 0 heterocycles. The molecule has 23 heavy (non-hydrogen) atoms. The first kappa shape index (κ1) is 19.0. The smallest absolute Gasteiger partial charge is 0.320 e. The lowest BCUT2D eigenvalue weighted by molar-refractivity contribution is -0.142. The molecule has 128 valence electrons. The van der Waals surface area contributed by atoms with Crippen molar-refractivity contribution in [2.75, 3.05) is 19.6 Å². The number of hydrogen-bond donors (Lipinski definition) is 2. The van der Waals surface area contributed by atoms with Crippen LogP contribution in [0.4, 0.5) is 8.78 Å². The number of rotatable bonds is 8. The van der Waals surface area contributed by atoms with E-state index in [1.807, 2.05) is 0 Å². The van der Waals surface area contributed by atoms with Crippen molar-refractivity contribution < 1.29 is 23.5 Å². The Hall–Kier alpha value is -2.02. The average Bonchev–Trinajstić information content (AvgIpc) is 2.43. The largest absolute Gasteiger partial charge is 0.480 e. The number of nitrogens with one attached hydrogen (secondary N) is 1. The minimum absolute atomic E-state index is 0.201. The maximum absolute atomic E-state index is 13.3. The van der Waals surface area contributed by atoms with Crippen molar-refractivity contribution in [2.24, 2.45) is 0 Å². The zero-order chi connectivity index (χ0) is 17.6. The van der Waals surface area contributed by atoms with Crippen LogP contribution in [0.15, 0.2) is 18.2 Å². The van der Waals surface area contributed by atoms with E-state index in [0.29, 0.717) is 25.2 Å². The molecule has 2 unspecified atom stereocenters. The Balaban J connectivity index is 2.81. The van der Waals surface area contributed by atoms with Gasteiger partial charge in [0.1, 0.15) is 17.7 Å². The van der Waals surface area contributed by atoms with Crippen LogP contribution in [0.1, 0.15) is 32.3 Å². The first-order valence-corrected chi connectivity index (χ1v) is 7.38. The fourth-order valence-corrected chi connectivity index (χ4v) is 2.29. The second kappa shape index (κ2) is 8.57. The molecule has 0 aromatic heterocycles. The van der Waals surface area contributed by atoms with Crippen LogP contribution in [0.2, 0.25) is 0 Å². The molecule has 5 nitrogen and oxygen atoms in total. The Morgan fingerprint density at radius 1 is 1.22 bits per heavy atom. The number of halogens is 2. The van der Waals surface area contributed by atoms with Gasteiger partial charge in [-0.15, -0.1) is 0 Å². The SMILES string of the molecule is CC(=O)NCCN(CC(C)c1cc(F)cc(F)c1)C(C)C(=O)O. The van der Waals surface area contributed by atoms with Crippen LogP contribution in [0.5, 0.6) is 0 Å². The van der Waals surface area contributed by atoms with E-state index >= 15 is 0 Å². The third-order valence-electron chi connectivity index (χ3n) is 3.64. The van der Waals surface area contributed by atoms with E-state index in [9.17, 15) is 23.5 Å². The van der Waals surface area contributed by atoms with Crippen molar-refractivity contribution in [1.82, 2.24) is 10.2 Å². The Morgan fingerprint density at radius 2 is 1.78 bits per heavy atom. The Labute approximate surface area is 134 Å². The highest BCUT2D eigenvalue weighted by molar-refractivity contribution is 5.73. The third kappa shape index (κ3) is 6.32. The number of nitrogens with zero attached hydrogens (tertiary/aromatic N) is 1. The number of carboxylic acids is 1. The predicted octanol–water partition coefficient (Wildman–Crippen LogP) is 1.98. The fourth-order valence-electron chi connectivity index (χ4n) is 2.29. The summed E-state index contributed by atoms with van der Waals surface area (Å²) < 4.78 is 26.6. The molecule has 0 saturated carbocycles. The molecule has 2 atom stereocenters. The van der Waals surface area contributed by atoms with Crippen LogP contribution in [0, 0.1) is 11.6 Å².